The summed E-state index contributed by atoms with van der Waals surface area (Å²) in [6.07, 6.45) is 0. The van der Waals surface area contributed by atoms with E-state index in [0.717, 1.165) is 10.9 Å². The number of nitrogens with zero attached hydrogens (tertiary/aromatic N) is 5. The minimum absolute atomic E-state index is 0.116. The Hall–Kier alpha value is -3.07. The summed E-state index contributed by atoms with van der Waals surface area (Å²) in [6.45, 7) is 7.08. The molecular weight excluding hydrogens is 420 g/mol. The second-order valence-corrected chi connectivity index (χ2v) is 9.21. The summed E-state index contributed by atoms with van der Waals surface area (Å²) < 4.78 is 29.9. The zero-order chi connectivity index (χ0) is 21.9. The molecule has 6 nitrogen and oxygen atoms in total. The Morgan fingerprint density at radius 3 is 2.71 bits per heavy atom. The maximum atomic E-state index is 14.5. The summed E-state index contributed by atoms with van der Waals surface area (Å²) in [6, 6.07) is 7.37. The number of hydrogen-bond donors (Lipinski definition) is 0. The van der Waals surface area contributed by atoms with Crippen molar-refractivity contribution in [1.82, 2.24) is 14.5 Å². The molecule has 2 aromatic heterocycles. The quantitative estimate of drug-likeness (QED) is 0.604. The van der Waals surface area contributed by atoms with E-state index in [9.17, 15) is 13.6 Å². The Morgan fingerprint density at radius 2 is 2.03 bits per heavy atom. The van der Waals surface area contributed by atoms with Crippen LogP contribution in [0.15, 0.2) is 40.7 Å². The van der Waals surface area contributed by atoms with Crippen LogP contribution in [0.2, 0.25) is 0 Å². The van der Waals surface area contributed by atoms with Crippen molar-refractivity contribution in [3.8, 4) is 10.7 Å². The van der Waals surface area contributed by atoms with Crippen LogP contribution >= 0.6 is 11.3 Å². The molecule has 1 aromatic carbocycles. The summed E-state index contributed by atoms with van der Waals surface area (Å²) in [5, 5.41) is 1.93. The normalized spacial score (nSPS) is 17.1. The third-order valence-corrected chi connectivity index (χ3v) is 6.34. The van der Waals surface area contributed by atoms with E-state index in [1.54, 1.807) is 4.90 Å². The predicted octanol–water partition coefficient (Wildman–Crippen LogP) is 4.37. The molecule has 0 N–H and O–H groups in total. The summed E-state index contributed by atoms with van der Waals surface area (Å²) >= 11 is 1.49. The average Bonchev–Trinajstić information content (AvgIpc) is 3.41. The summed E-state index contributed by atoms with van der Waals surface area (Å²) in [7, 11) is 0. The van der Waals surface area contributed by atoms with E-state index in [1.807, 2.05) is 47.8 Å². The van der Waals surface area contributed by atoms with Crippen molar-refractivity contribution >= 4 is 29.0 Å². The number of aromatic nitrogens is 2. The van der Waals surface area contributed by atoms with Crippen molar-refractivity contribution in [3.63, 3.8) is 0 Å². The minimum Gasteiger partial charge on any atom is -0.305 e. The largest absolute Gasteiger partial charge is 0.305 e. The van der Waals surface area contributed by atoms with Crippen LogP contribution in [0.25, 0.3) is 10.7 Å². The van der Waals surface area contributed by atoms with Gasteiger partial charge in [-0.15, -0.1) is 11.3 Å². The number of anilines is 1. The van der Waals surface area contributed by atoms with Crippen LogP contribution in [0, 0.1) is 11.6 Å². The van der Waals surface area contributed by atoms with Crippen LogP contribution in [0.5, 0.6) is 0 Å². The van der Waals surface area contributed by atoms with Crippen LogP contribution < -0.4 is 4.90 Å². The van der Waals surface area contributed by atoms with Gasteiger partial charge in [-0.3, -0.25) is 14.6 Å². The number of amides is 1. The molecule has 0 bridgehead atoms. The van der Waals surface area contributed by atoms with E-state index >= 15 is 0 Å². The van der Waals surface area contributed by atoms with Gasteiger partial charge < -0.3 is 4.57 Å². The molecule has 2 aliphatic rings. The van der Waals surface area contributed by atoms with Crippen LogP contribution in [0.1, 0.15) is 36.8 Å². The number of benzene rings is 1. The fourth-order valence-electron chi connectivity index (χ4n) is 4.13. The highest BCUT2D eigenvalue weighted by Crippen LogP contribution is 2.39. The minimum atomic E-state index is -0.632. The van der Waals surface area contributed by atoms with Gasteiger partial charge in [-0.2, -0.15) is 0 Å². The van der Waals surface area contributed by atoms with Crippen molar-refractivity contribution in [2.45, 2.75) is 32.9 Å². The van der Waals surface area contributed by atoms with E-state index < -0.39 is 11.6 Å². The van der Waals surface area contributed by atoms with E-state index in [2.05, 4.69) is 0 Å². The van der Waals surface area contributed by atoms with Crippen LogP contribution in [0.4, 0.5) is 14.6 Å². The highest BCUT2D eigenvalue weighted by atomic mass is 32.1. The fraction of sp³-hybridized carbons (Fsp3) is 0.318. The fourth-order valence-corrected chi connectivity index (χ4v) is 4.85. The van der Waals surface area contributed by atoms with Gasteiger partial charge in [0.2, 0.25) is 5.96 Å². The van der Waals surface area contributed by atoms with Gasteiger partial charge in [0.15, 0.2) is 11.5 Å². The Balaban J connectivity index is 1.73. The molecule has 2 aliphatic heterocycles. The van der Waals surface area contributed by atoms with Gasteiger partial charge in [-0.05, 0) is 38.3 Å². The zero-order valence-electron chi connectivity index (χ0n) is 17.4. The van der Waals surface area contributed by atoms with Crippen molar-refractivity contribution in [2.24, 2.45) is 4.99 Å². The molecule has 4 heterocycles. The molecular formula is C22H21F2N5OS. The molecule has 0 spiro atoms. The lowest BCUT2D eigenvalue weighted by molar-refractivity contribution is 0.0841. The van der Waals surface area contributed by atoms with Crippen molar-refractivity contribution in [1.29, 1.82) is 0 Å². The number of rotatable bonds is 4. The second kappa shape index (κ2) is 6.98. The van der Waals surface area contributed by atoms with E-state index in [-0.39, 0.29) is 18.0 Å². The Bertz CT molecular complexity index is 1210. The summed E-state index contributed by atoms with van der Waals surface area (Å²) in [5.74, 6) is 0.291. The molecule has 0 saturated heterocycles. The first-order valence-electron chi connectivity index (χ1n) is 10.1. The summed E-state index contributed by atoms with van der Waals surface area (Å²) in [4.78, 5) is 27.3. The molecule has 31 heavy (non-hydrogen) atoms. The maximum Gasteiger partial charge on any atom is 0.283 e. The molecule has 5 rings (SSSR count). The number of imidazole rings is 1. The third kappa shape index (κ3) is 3.15. The number of carbonyl (C=O) groups is 1. The van der Waals surface area contributed by atoms with E-state index in [4.69, 9.17) is 9.98 Å². The van der Waals surface area contributed by atoms with Gasteiger partial charge in [0.1, 0.15) is 17.5 Å². The van der Waals surface area contributed by atoms with Crippen molar-refractivity contribution in [2.75, 3.05) is 18.0 Å². The molecule has 0 fully saturated rings. The lowest BCUT2D eigenvalue weighted by Crippen LogP contribution is -2.51. The molecule has 0 radical (unpaired) electrons. The molecule has 9 heteroatoms. The number of guanidine groups is 1. The number of fused-ring (bicyclic) bond motifs is 3. The highest BCUT2D eigenvalue weighted by molar-refractivity contribution is 7.13. The Morgan fingerprint density at radius 1 is 1.23 bits per heavy atom. The van der Waals surface area contributed by atoms with Crippen molar-refractivity contribution < 1.29 is 13.6 Å². The second-order valence-electron chi connectivity index (χ2n) is 8.27. The van der Waals surface area contributed by atoms with Gasteiger partial charge in [-0.25, -0.2) is 18.8 Å². The van der Waals surface area contributed by atoms with Crippen LogP contribution in [-0.4, -0.2) is 44.9 Å². The average molecular weight is 442 g/mol. The first-order valence-corrected chi connectivity index (χ1v) is 10.9. The third-order valence-electron chi connectivity index (χ3n) is 5.48. The first-order chi connectivity index (χ1) is 14.8. The monoisotopic (exact) mass is 441 g/mol. The van der Waals surface area contributed by atoms with Crippen LogP contribution in [0.3, 0.4) is 0 Å². The molecule has 0 aliphatic carbocycles. The van der Waals surface area contributed by atoms with E-state index in [0.29, 0.717) is 41.9 Å². The number of hydrogen-bond acceptors (Lipinski definition) is 5. The van der Waals surface area contributed by atoms with Gasteiger partial charge in [-0.1, -0.05) is 12.1 Å². The Kier molecular flexibility index (Phi) is 4.47. The Labute approximate surface area is 182 Å². The molecule has 0 unspecified atom stereocenters. The molecule has 1 amide bonds. The lowest BCUT2D eigenvalue weighted by atomic mass is 10.1. The van der Waals surface area contributed by atoms with Crippen LogP contribution in [-0.2, 0) is 6.54 Å². The lowest BCUT2D eigenvalue weighted by Gasteiger charge is -2.34. The number of halogens is 2. The first kappa shape index (κ1) is 19.9. The van der Waals surface area contributed by atoms with Gasteiger partial charge in [0.25, 0.3) is 5.91 Å². The van der Waals surface area contributed by atoms with E-state index in [1.165, 1.54) is 23.5 Å². The summed E-state index contributed by atoms with van der Waals surface area (Å²) in [5.41, 5.74) is 0.260. The SMILES string of the molecule is CCN1C(=O)c2nc(-c3cccs3)n(Cc3ccc(F)cc3F)c2N2CC(C)(C)N=C12. The molecule has 0 atom stereocenters. The smallest absolute Gasteiger partial charge is 0.283 e. The number of aliphatic imine (C=N–C) groups is 1. The molecule has 160 valence electrons. The zero-order valence-corrected chi connectivity index (χ0v) is 18.2. The molecule has 3 aromatic rings. The standard InChI is InChI=1S/C22H21F2N5OS/c1-4-27-20(30)17-19(29-12-22(2,3)26-21(27)29)28(18(25-17)16-6-5-9-31-16)11-13-7-8-14(23)10-15(13)24/h5-10H,4,11-12H2,1-3H3. The maximum absolute atomic E-state index is 14.5. The number of carbonyl (C=O) groups excluding carboxylic acids is 1. The topological polar surface area (TPSA) is 53.7 Å². The number of thiophene rings is 1. The van der Waals surface area contributed by atoms with Crippen molar-refractivity contribution in [3.05, 3.63) is 58.6 Å². The molecule has 0 saturated carbocycles. The van der Waals surface area contributed by atoms with Gasteiger partial charge >= 0.3 is 0 Å². The predicted molar refractivity (Wildman–Crippen MR) is 117 cm³/mol. The van der Waals surface area contributed by atoms with Gasteiger partial charge in [0, 0.05) is 18.2 Å². The highest BCUT2D eigenvalue weighted by Gasteiger charge is 2.45. The van der Waals surface area contributed by atoms with Gasteiger partial charge in [0.05, 0.1) is 23.5 Å².